The van der Waals surface area contributed by atoms with Crippen molar-refractivity contribution >= 4 is 23.5 Å². The number of hydrogen-bond donors (Lipinski definition) is 1. The van der Waals surface area contributed by atoms with Gasteiger partial charge in [-0.05, 0) is 42.0 Å². The van der Waals surface area contributed by atoms with Gasteiger partial charge in [-0.15, -0.1) is 0 Å². The highest BCUT2D eigenvalue weighted by Gasteiger charge is 2.08. The zero-order chi connectivity index (χ0) is 15.9. The fraction of sp³-hybridized carbons (Fsp3) is 0.125. The molecule has 2 N–H and O–H groups in total. The van der Waals surface area contributed by atoms with Crippen LogP contribution in [0.15, 0.2) is 48.5 Å². The number of halogens is 1. The highest BCUT2D eigenvalue weighted by molar-refractivity contribution is 6.30. The SMILES string of the molecule is NC(=O)COc1ccc(C(=O)OCc2ccc(Cl)cc2)cc1. The van der Waals surface area contributed by atoms with E-state index in [-0.39, 0.29) is 13.2 Å². The Labute approximate surface area is 132 Å². The molecule has 0 atom stereocenters. The van der Waals surface area contributed by atoms with E-state index in [1.165, 1.54) is 0 Å². The molecule has 6 heteroatoms. The third-order valence-corrected chi connectivity index (χ3v) is 3.01. The highest BCUT2D eigenvalue weighted by atomic mass is 35.5. The molecule has 0 fully saturated rings. The molecule has 1 amide bonds. The molecular formula is C16H14ClNO4. The summed E-state index contributed by atoms with van der Waals surface area (Å²) in [6.07, 6.45) is 0. The van der Waals surface area contributed by atoms with Crippen LogP contribution in [0.2, 0.25) is 5.02 Å². The molecule has 0 aliphatic rings. The van der Waals surface area contributed by atoms with Gasteiger partial charge in [0, 0.05) is 5.02 Å². The Bertz CT molecular complexity index is 653. The van der Waals surface area contributed by atoms with Crippen LogP contribution in [-0.4, -0.2) is 18.5 Å². The van der Waals surface area contributed by atoms with Crippen molar-refractivity contribution in [2.45, 2.75) is 6.61 Å². The van der Waals surface area contributed by atoms with Gasteiger partial charge in [-0.1, -0.05) is 23.7 Å². The van der Waals surface area contributed by atoms with Crippen molar-refractivity contribution in [3.63, 3.8) is 0 Å². The molecule has 0 spiro atoms. The molecule has 2 aromatic carbocycles. The summed E-state index contributed by atoms with van der Waals surface area (Å²) in [4.78, 5) is 22.5. The van der Waals surface area contributed by atoms with Gasteiger partial charge < -0.3 is 15.2 Å². The van der Waals surface area contributed by atoms with Crippen molar-refractivity contribution in [2.24, 2.45) is 5.73 Å². The first-order valence-electron chi connectivity index (χ1n) is 6.47. The Balaban J connectivity index is 1.89. The Kier molecular flexibility index (Phi) is 5.38. The maximum absolute atomic E-state index is 11.9. The van der Waals surface area contributed by atoms with E-state index in [1.807, 2.05) is 0 Å². The van der Waals surface area contributed by atoms with E-state index < -0.39 is 11.9 Å². The average molecular weight is 320 g/mol. The summed E-state index contributed by atoms with van der Waals surface area (Å²) in [6.45, 7) is -0.0453. The van der Waals surface area contributed by atoms with E-state index in [1.54, 1.807) is 48.5 Å². The number of hydrogen-bond acceptors (Lipinski definition) is 4. The second-order valence-corrected chi connectivity index (χ2v) is 4.92. The number of ether oxygens (including phenoxy) is 2. The number of rotatable bonds is 6. The second kappa shape index (κ2) is 7.47. The Morgan fingerprint density at radius 3 is 2.23 bits per heavy atom. The maximum atomic E-state index is 11.9. The zero-order valence-corrected chi connectivity index (χ0v) is 12.4. The Hall–Kier alpha value is -2.53. The van der Waals surface area contributed by atoms with Crippen LogP contribution in [0.25, 0.3) is 0 Å². The van der Waals surface area contributed by atoms with E-state index in [4.69, 9.17) is 26.8 Å². The fourth-order valence-electron chi connectivity index (χ4n) is 1.65. The summed E-state index contributed by atoms with van der Waals surface area (Å²) in [6, 6.07) is 13.3. The molecule has 0 radical (unpaired) electrons. The molecule has 0 bridgehead atoms. The third kappa shape index (κ3) is 4.79. The molecule has 114 valence electrons. The van der Waals surface area contributed by atoms with Crippen LogP contribution >= 0.6 is 11.6 Å². The highest BCUT2D eigenvalue weighted by Crippen LogP contribution is 2.14. The van der Waals surface area contributed by atoms with Crippen molar-refractivity contribution in [3.05, 3.63) is 64.7 Å². The monoisotopic (exact) mass is 319 g/mol. The fourth-order valence-corrected chi connectivity index (χ4v) is 1.78. The van der Waals surface area contributed by atoms with Crippen LogP contribution in [0.3, 0.4) is 0 Å². The van der Waals surface area contributed by atoms with Crippen LogP contribution < -0.4 is 10.5 Å². The molecule has 0 aromatic heterocycles. The van der Waals surface area contributed by atoms with Crippen molar-refractivity contribution < 1.29 is 19.1 Å². The van der Waals surface area contributed by atoms with Crippen LogP contribution in [0.1, 0.15) is 15.9 Å². The van der Waals surface area contributed by atoms with Gasteiger partial charge in [-0.25, -0.2) is 4.79 Å². The zero-order valence-electron chi connectivity index (χ0n) is 11.6. The minimum absolute atomic E-state index is 0.163. The lowest BCUT2D eigenvalue weighted by Gasteiger charge is -2.07. The van der Waals surface area contributed by atoms with Gasteiger partial charge in [-0.3, -0.25) is 4.79 Å². The van der Waals surface area contributed by atoms with E-state index >= 15 is 0 Å². The summed E-state index contributed by atoms with van der Waals surface area (Å²) >= 11 is 5.78. The van der Waals surface area contributed by atoms with Gasteiger partial charge >= 0.3 is 5.97 Å². The van der Waals surface area contributed by atoms with Crippen molar-refractivity contribution in [3.8, 4) is 5.75 Å². The van der Waals surface area contributed by atoms with E-state index in [2.05, 4.69) is 0 Å². The Morgan fingerprint density at radius 1 is 1.00 bits per heavy atom. The molecule has 0 aliphatic heterocycles. The molecule has 5 nitrogen and oxygen atoms in total. The number of amides is 1. The number of nitrogens with two attached hydrogens (primary N) is 1. The van der Waals surface area contributed by atoms with Crippen LogP contribution in [0.4, 0.5) is 0 Å². The van der Waals surface area contributed by atoms with E-state index in [9.17, 15) is 9.59 Å². The minimum Gasteiger partial charge on any atom is -0.484 e. The van der Waals surface area contributed by atoms with Crippen molar-refractivity contribution in [2.75, 3.05) is 6.61 Å². The first kappa shape index (κ1) is 15.9. The molecule has 0 saturated heterocycles. The molecule has 0 unspecified atom stereocenters. The smallest absolute Gasteiger partial charge is 0.338 e. The lowest BCUT2D eigenvalue weighted by Crippen LogP contribution is -2.20. The van der Waals surface area contributed by atoms with Gasteiger partial charge in [0.05, 0.1) is 5.56 Å². The minimum atomic E-state index is -0.563. The summed E-state index contributed by atoms with van der Waals surface area (Å²) in [5.74, 6) is -0.559. The summed E-state index contributed by atoms with van der Waals surface area (Å²) in [5.41, 5.74) is 6.21. The summed E-state index contributed by atoms with van der Waals surface area (Å²) in [7, 11) is 0. The van der Waals surface area contributed by atoms with Crippen molar-refractivity contribution in [1.29, 1.82) is 0 Å². The molecule has 0 heterocycles. The number of benzene rings is 2. The predicted octanol–water partition coefficient (Wildman–Crippen LogP) is 2.56. The van der Waals surface area contributed by atoms with Crippen LogP contribution in [-0.2, 0) is 16.1 Å². The van der Waals surface area contributed by atoms with Gasteiger partial charge in [0.15, 0.2) is 6.61 Å². The van der Waals surface area contributed by atoms with Gasteiger partial charge in [0.25, 0.3) is 5.91 Å². The summed E-state index contributed by atoms with van der Waals surface area (Å²) < 4.78 is 10.3. The van der Waals surface area contributed by atoms with E-state index in [0.717, 1.165) is 5.56 Å². The first-order valence-corrected chi connectivity index (χ1v) is 6.85. The number of primary amides is 1. The number of esters is 1. The second-order valence-electron chi connectivity index (χ2n) is 4.48. The Morgan fingerprint density at radius 2 is 1.64 bits per heavy atom. The predicted molar refractivity (Wildman–Crippen MR) is 81.7 cm³/mol. The normalized spacial score (nSPS) is 10.0. The third-order valence-electron chi connectivity index (χ3n) is 2.75. The lowest BCUT2D eigenvalue weighted by atomic mass is 10.2. The average Bonchev–Trinajstić information content (AvgIpc) is 2.52. The van der Waals surface area contributed by atoms with E-state index in [0.29, 0.717) is 16.3 Å². The molecule has 22 heavy (non-hydrogen) atoms. The van der Waals surface area contributed by atoms with Gasteiger partial charge in [0.1, 0.15) is 12.4 Å². The van der Waals surface area contributed by atoms with Crippen LogP contribution in [0, 0.1) is 0 Å². The van der Waals surface area contributed by atoms with Crippen molar-refractivity contribution in [1.82, 2.24) is 0 Å². The topological polar surface area (TPSA) is 78.6 Å². The standard InChI is InChI=1S/C16H14ClNO4/c17-13-5-1-11(2-6-13)9-22-16(20)12-3-7-14(8-4-12)21-10-15(18)19/h1-8H,9-10H2,(H2,18,19). The van der Waals surface area contributed by atoms with Gasteiger partial charge in [0.2, 0.25) is 0 Å². The number of carbonyl (C=O) groups is 2. The quantitative estimate of drug-likeness (QED) is 0.830. The molecule has 2 aromatic rings. The molecule has 2 rings (SSSR count). The molecule has 0 saturated carbocycles. The van der Waals surface area contributed by atoms with Gasteiger partial charge in [-0.2, -0.15) is 0 Å². The first-order chi connectivity index (χ1) is 10.5. The number of carbonyl (C=O) groups excluding carboxylic acids is 2. The maximum Gasteiger partial charge on any atom is 0.338 e. The lowest BCUT2D eigenvalue weighted by molar-refractivity contribution is -0.119. The van der Waals surface area contributed by atoms with Crippen LogP contribution in [0.5, 0.6) is 5.75 Å². The largest absolute Gasteiger partial charge is 0.484 e. The molecule has 0 aliphatic carbocycles. The summed E-state index contributed by atoms with van der Waals surface area (Å²) in [5, 5.41) is 0.627. The molecular weight excluding hydrogens is 306 g/mol.